The van der Waals surface area contributed by atoms with E-state index in [0.717, 1.165) is 57.2 Å². The Kier molecular flexibility index (Phi) is 11.3. The number of hydrogen-bond acceptors (Lipinski definition) is 8. The van der Waals surface area contributed by atoms with Gasteiger partial charge in [0.25, 0.3) is 0 Å². The van der Waals surface area contributed by atoms with Gasteiger partial charge in [-0.3, -0.25) is 9.80 Å². The Morgan fingerprint density at radius 1 is 1.07 bits per heavy atom. The van der Waals surface area contributed by atoms with Crippen LogP contribution in [0.3, 0.4) is 0 Å². The quantitative estimate of drug-likeness (QED) is 0.142. The first kappa shape index (κ1) is 39.2. The van der Waals surface area contributed by atoms with Crippen molar-refractivity contribution in [1.82, 2.24) is 19.8 Å². The molecule has 9 nitrogen and oxygen atoms in total. The first-order valence-electron chi connectivity index (χ1n) is 20.1. The van der Waals surface area contributed by atoms with E-state index in [4.69, 9.17) is 24.2 Å². The van der Waals surface area contributed by atoms with Gasteiger partial charge < -0.3 is 19.1 Å². The standard InChI is InChI=1S/C44H57F2N5O4/c1-8-28(2)11-9-12-30-19-31(21-34(20-30)54-27-53-7)38-36(45)22-35-40(39(38)46)47-37(15-17-44-16-10-18-50(44)24-29(3)23-44)48-41(35)49-25-32-13-14-33(26-49)51(32)42(52)55-43(4,5)6/h9,11-12,19-22,29,32-33H,8,10,13-18,23-27H2,1-7H3/b12-9-,28-11+/t29-,32?,33?,44-/m1/s1. The molecule has 0 radical (unpaired) electrons. The van der Waals surface area contributed by atoms with Gasteiger partial charge >= 0.3 is 6.09 Å². The predicted molar refractivity (Wildman–Crippen MR) is 213 cm³/mol. The number of aryl methyl sites for hydroxylation is 1. The molecule has 4 atom stereocenters. The first-order valence-corrected chi connectivity index (χ1v) is 20.1. The van der Waals surface area contributed by atoms with Crippen LogP contribution in [0.15, 0.2) is 42.0 Å². The maximum Gasteiger partial charge on any atom is 0.410 e. The van der Waals surface area contributed by atoms with Crippen molar-refractivity contribution in [3.63, 3.8) is 0 Å². The fraction of sp³-hybridized carbons (Fsp3) is 0.568. The normalized spacial score (nSPS) is 24.4. The third-order valence-electron chi connectivity index (χ3n) is 11.9. The molecule has 0 aliphatic carbocycles. The largest absolute Gasteiger partial charge is 0.468 e. The van der Waals surface area contributed by atoms with E-state index in [1.165, 1.54) is 25.2 Å². The smallest absolute Gasteiger partial charge is 0.410 e. The van der Waals surface area contributed by atoms with Gasteiger partial charge in [-0.15, -0.1) is 0 Å². The van der Waals surface area contributed by atoms with Crippen LogP contribution in [0.2, 0.25) is 0 Å². The molecule has 2 bridgehead atoms. The third-order valence-corrected chi connectivity index (χ3v) is 11.9. The summed E-state index contributed by atoms with van der Waals surface area (Å²) in [5.74, 6) is 0.695. The van der Waals surface area contributed by atoms with Crippen molar-refractivity contribution in [2.24, 2.45) is 5.92 Å². The number of methoxy groups -OCH3 is 1. The zero-order valence-electron chi connectivity index (χ0n) is 33.6. The number of amides is 1. The molecular formula is C44H57F2N5O4. The number of piperazine rings is 1. The molecule has 3 aromatic rings. The summed E-state index contributed by atoms with van der Waals surface area (Å²) in [6, 6.07) is 6.42. The van der Waals surface area contributed by atoms with Crippen LogP contribution in [-0.4, -0.2) is 89.2 Å². The second-order valence-electron chi connectivity index (χ2n) is 17.2. The Morgan fingerprint density at radius 2 is 1.84 bits per heavy atom. The van der Waals surface area contributed by atoms with Gasteiger partial charge in [0.2, 0.25) is 0 Å². The molecule has 0 spiro atoms. The van der Waals surface area contributed by atoms with Crippen molar-refractivity contribution in [3.8, 4) is 16.9 Å². The monoisotopic (exact) mass is 757 g/mol. The fourth-order valence-corrected chi connectivity index (χ4v) is 9.37. The Morgan fingerprint density at radius 3 is 2.55 bits per heavy atom. The van der Waals surface area contributed by atoms with Gasteiger partial charge in [0.1, 0.15) is 34.3 Å². The predicted octanol–water partition coefficient (Wildman–Crippen LogP) is 9.32. The highest BCUT2D eigenvalue weighted by Crippen LogP contribution is 2.45. The SMILES string of the molecule is CC/C(C)=C/C=C\c1cc(OCOC)cc(-c2c(F)cc3c(N4CC5CCC(C4)N5C(=O)OC(C)(C)C)nc(CC[C@@]45CCCN4C[C@H](C)C5)nc3c2F)c1. The molecule has 5 heterocycles. The zero-order chi connectivity index (χ0) is 39.1. The number of carbonyl (C=O) groups is 1. The van der Waals surface area contributed by atoms with E-state index < -0.39 is 17.2 Å². The molecular weight excluding hydrogens is 701 g/mol. The number of ether oxygens (including phenoxy) is 3. The van der Waals surface area contributed by atoms with Crippen LogP contribution >= 0.6 is 0 Å². The number of halogens is 2. The van der Waals surface area contributed by atoms with Crippen molar-refractivity contribution >= 4 is 28.9 Å². The minimum absolute atomic E-state index is 0.00897. The van der Waals surface area contributed by atoms with Crippen LogP contribution in [0.5, 0.6) is 5.75 Å². The molecule has 1 amide bonds. The Hall–Kier alpha value is -4.09. The highest BCUT2D eigenvalue weighted by molar-refractivity contribution is 5.94. The van der Waals surface area contributed by atoms with Gasteiger partial charge in [-0.2, -0.15) is 0 Å². The minimum Gasteiger partial charge on any atom is -0.468 e. The summed E-state index contributed by atoms with van der Waals surface area (Å²) in [4.78, 5) is 29.9. The van der Waals surface area contributed by atoms with Crippen LogP contribution in [0.25, 0.3) is 28.1 Å². The van der Waals surface area contributed by atoms with Crippen LogP contribution < -0.4 is 9.64 Å². The Labute approximate surface area is 324 Å². The van der Waals surface area contributed by atoms with Gasteiger partial charge in [-0.25, -0.2) is 23.5 Å². The summed E-state index contributed by atoms with van der Waals surface area (Å²) in [5, 5.41) is 0.329. The van der Waals surface area contributed by atoms with E-state index in [9.17, 15) is 4.79 Å². The summed E-state index contributed by atoms with van der Waals surface area (Å²) >= 11 is 0. The number of benzene rings is 2. The van der Waals surface area contributed by atoms with Crippen LogP contribution in [0, 0.1) is 17.6 Å². The lowest BCUT2D eigenvalue weighted by atomic mass is 9.86. The second-order valence-corrected chi connectivity index (χ2v) is 17.2. The van der Waals surface area contributed by atoms with Crippen molar-refractivity contribution in [2.45, 2.75) is 116 Å². The summed E-state index contributed by atoms with van der Waals surface area (Å²) in [7, 11) is 1.53. The van der Waals surface area contributed by atoms with E-state index >= 15 is 8.78 Å². The number of rotatable bonds is 11. The summed E-state index contributed by atoms with van der Waals surface area (Å²) in [6.07, 6.45) is 13.0. The average molecular weight is 758 g/mol. The first-order chi connectivity index (χ1) is 26.3. The number of anilines is 1. The molecule has 0 N–H and O–H groups in total. The average Bonchev–Trinajstić information content (AvgIpc) is 3.75. The molecule has 0 saturated carbocycles. The molecule has 4 aliphatic heterocycles. The van der Waals surface area contributed by atoms with Gasteiger partial charge in [-0.05, 0) is 120 Å². The molecule has 11 heteroatoms. The van der Waals surface area contributed by atoms with Crippen molar-refractivity contribution in [1.29, 1.82) is 0 Å². The van der Waals surface area contributed by atoms with E-state index in [1.807, 2.05) is 50.0 Å². The van der Waals surface area contributed by atoms with Crippen LogP contribution in [0.1, 0.15) is 97.9 Å². The van der Waals surface area contributed by atoms with Crippen molar-refractivity contribution in [2.75, 3.05) is 45.0 Å². The lowest BCUT2D eigenvalue weighted by Crippen LogP contribution is -2.57. The maximum atomic E-state index is 17.2. The molecule has 2 aromatic carbocycles. The fourth-order valence-electron chi connectivity index (χ4n) is 9.37. The molecule has 1 aromatic heterocycles. The van der Waals surface area contributed by atoms with Gasteiger partial charge in [0, 0.05) is 44.1 Å². The number of hydrogen-bond donors (Lipinski definition) is 0. The second kappa shape index (κ2) is 15.8. The van der Waals surface area contributed by atoms with Crippen LogP contribution in [0.4, 0.5) is 19.4 Å². The molecule has 4 fully saturated rings. The Bertz CT molecular complexity index is 1960. The van der Waals surface area contributed by atoms with Crippen LogP contribution in [-0.2, 0) is 15.9 Å². The van der Waals surface area contributed by atoms with Gasteiger partial charge in [0.05, 0.1) is 17.6 Å². The van der Waals surface area contributed by atoms with E-state index in [-0.39, 0.29) is 41.6 Å². The summed E-state index contributed by atoms with van der Waals surface area (Å²) in [5.41, 5.74) is 1.72. The lowest BCUT2D eigenvalue weighted by molar-refractivity contribution is 0.0123. The minimum atomic E-state index is -0.731. The highest BCUT2D eigenvalue weighted by atomic mass is 19.1. The molecule has 7 rings (SSSR count). The third kappa shape index (κ3) is 8.24. The van der Waals surface area contributed by atoms with E-state index in [2.05, 4.69) is 30.6 Å². The highest BCUT2D eigenvalue weighted by Gasteiger charge is 2.47. The molecule has 2 unspecified atom stereocenters. The topological polar surface area (TPSA) is 80.3 Å². The zero-order valence-corrected chi connectivity index (χ0v) is 33.6. The molecule has 4 saturated heterocycles. The summed E-state index contributed by atoms with van der Waals surface area (Å²) < 4.78 is 50.6. The van der Waals surface area contributed by atoms with Gasteiger partial charge in [-0.1, -0.05) is 37.6 Å². The summed E-state index contributed by atoms with van der Waals surface area (Å²) in [6.45, 7) is 15.3. The number of nitrogens with zero attached hydrogens (tertiary/aromatic N) is 5. The van der Waals surface area contributed by atoms with E-state index in [0.29, 0.717) is 53.8 Å². The number of carbonyl (C=O) groups excluding carboxylic acids is 1. The number of fused-ring (bicyclic) bond motifs is 4. The lowest BCUT2D eigenvalue weighted by Gasteiger charge is -2.42. The van der Waals surface area contributed by atoms with E-state index in [1.54, 1.807) is 12.1 Å². The molecule has 296 valence electrons. The number of aromatic nitrogens is 2. The molecule has 4 aliphatic rings. The Balaban J connectivity index is 1.30. The maximum absolute atomic E-state index is 17.2. The number of allylic oxidation sites excluding steroid dienone is 3. The van der Waals surface area contributed by atoms with Gasteiger partial charge in [0.15, 0.2) is 12.6 Å². The van der Waals surface area contributed by atoms with Crippen molar-refractivity contribution < 1.29 is 27.8 Å². The van der Waals surface area contributed by atoms with Crippen molar-refractivity contribution in [3.05, 3.63) is 65.0 Å². The molecule has 55 heavy (non-hydrogen) atoms.